The van der Waals surface area contributed by atoms with E-state index in [1.807, 2.05) is 33.2 Å². The third-order valence-electron chi connectivity index (χ3n) is 3.64. The topological polar surface area (TPSA) is 59.9 Å². The molecule has 1 fully saturated rings. The van der Waals surface area contributed by atoms with Crippen LogP contribution in [0.1, 0.15) is 37.1 Å². The number of aromatic nitrogens is 3. The number of rotatable bonds is 5. The van der Waals surface area contributed by atoms with E-state index in [9.17, 15) is 0 Å². The van der Waals surface area contributed by atoms with Crippen molar-refractivity contribution >= 4 is 5.82 Å². The Morgan fingerprint density at radius 2 is 2.10 bits per heavy atom. The van der Waals surface area contributed by atoms with Crippen molar-refractivity contribution in [1.82, 2.24) is 15.0 Å². The Hall–Kier alpha value is -2.17. The molecule has 5 heteroatoms. The zero-order chi connectivity index (χ0) is 14.8. The minimum absolute atomic E-state index is 0.513. The molecule has 5 nitrogen and oxygen atoms in total. The van der Waals surface area contributed by atoms with Crippen LogP contribution >= 0.6 is 0 Å². The van der Waals surface area contributed by atoms with Crippen molar-refractivity contribution < 1.29 is 4.74 Å². The fourth-order valence-electron chi connectivity index (χ4n) is 2.38. The van der Waals surface area contributed by atoms with Gasteiger partial charge in [-0.2, -0.15) is 0 Å². The molecule has 2 heterocycles. The van der Waals surface area contributed by atoms with Crippen LogP contribution in [0.4, 0.5) is 5.82 Å². The predicted octanol–water partition coefficient (Wildman–Crippen LogP) is 3.16. The van der Waals surface area contributed by atoms with Gasteiger partial charge in [0.05, 0.1) is 18.5 Å². The Kier molecular flexibility index (Phi) is 3.73. The number of nitrogens with zero attached hydrogens (tertiary/aromatic N) is 3. The molecule has 110 valence electrons. The molecule has 0 amide bonds. The van der Waals surface area contributed by atoms with Crippen LogP contribution in [0.5, 0.6) is 5.75 Å². The third-order valence-corrected chi connectivity index (χ3v) is 3.64. The lowest BCUT2D eigenvalue weighted by atomic mass is 10.1. The smallest absolute Gasteiger partial charge is 0.138 e. The van der Waals surface area contributed by atoms with E-state index in [0.29, 0.717) is 12.5 Å². The summed E-state index contributed by atoms with van der Waals surface area (Å²) in [6.45, 7) is 4.63. The molecule has 0 bridgehead atoms. The molecule has 1 aliphatic carbocycles. The minimum atomic E-state index is 0.513. The van der Waals surface area contributed by atoms with Gasteiger partial charge in [-0.15, -0.1) is 0 Å². The molecule has 21 heavy (non-hydrogen) atoms. The van der Waals surface area contributed by atoms with Crippen molar-refractivity contribution in [3.05, 3.63) is 29.8 Å². The highest BCUT2D eigenvalue weighted by atomic mass is 16.5. The summed E-state index contributed by atoms with van der Waals surface area (Å²) in [5.41, 5.74) is 2.95. The molecule has 2 aromatic heterocycles. The first-order chi connectivity index (χ1) is 10.2. The summed E-state index contributed by atoms with van der Waals surface area (Å²) in [4.78, 5) is 13.7. The predicted molar refractivity (Wildman–Crippen MR) is 82.7 cm³/mol. The molecule has 1 N–H and O–H groups in total. The Morgan fingerprint density at radius 1 is 1.29 bits per heavy atom. The standard InChI is InChI=1S/C16H20N4O/c1-4-21-13-7-12(8-18-9-13)14-10(2)15(17-3)20-16(19-14)11-5-6-11/h7-9,11H,4-6H2,1-3H3,(H,17,19,20). The van der Waals surface area contributed by atoms with Gasteiger partial charge in [-0.1, -0.05) is 0 Å². The van der Waals surface area contributed by atoms with Crippen molar-refractivity contribution in [2.45, 2.75) is 32.6 Å². The van der Waals surface area contributed by atoms with Gasteiger partial charge in [0.25, 0.3) is 0 Å². The number of nitrogens with one attached hydrogen (secondary N) is 1. The first-order valence-electron chi connectivity index (χ1n) is 7.37. The lowest BCUT2D eigenvalue weighted by Gasteiger charge is -2.12. The van der Waals surface area contributed by atoms with E-state index in [0.717, 1.165) is 34.2 Å². The molecule has 1 aliphatic rings. The summed E-state index contributed by atoms with van der Waals surface area (Å²) in [5.74, 6) is 3.11. The van der Waals surface area contributed by atoms with Gasteiger partial charge in [0.15, 0.2) is 0 Å². The van der Waals surface area contributed by atoms with Crippen LogP contribution in [0.25, 0.3) is 11.3 Å². The zero-order valence-electron chi connectivity index (χ0n) is 12.7. The van der Waals surface area contributed by atoms with Crippen LogP contribution in [-0.4, -0.2) is 28.6 Å². The SMILES string of the molecule is CCOc1cncc(-c2nc(C3CC3)nc(NC)c2C)c1. The maximum absolute atomic E-state index is 5.53. The number of hydrogen-bond donors (Lipinski definition) is 1. The maximum atomic E-state index is 5.53. The van der Waals surface area contributed by atoms with Gasteiger partial charge < -0.3 is 10.1 Å². The quantitative estimate of drug-likeness (QED) is 0.914. The number of ether oxygens (including phenoxy) is 1. The second-order valence-electron chi connectivity index (χ2n) is 5.27. The summed E-state index contributed by atoms with van der Waals surface area (Å²) in [6, 6.07) is 1.99. The fraction of sp³-hybridized carbons (Fsp3) is 0.438. The van der Waals surface area contributed by atoms with Crippen LogP contribution in [0, 0.1) is 6.92 Å². The van der Waals surface area contributed by atoms with Gasteiger partial charge in [0.2, 0.25) is 0 Å². The fourth-order valence-corrected chi connectivity index (χ4v) is 2.38. The summed E-state index contributed by atoms with van der Waals surface area (Å²) in [6.07, 6.45) is 5.92. The highest BCUT2D eigenvalue weighted by Gasteiger charge is 2.28. The molecule has 0 aliphatic heterocycles. The van der Waals surface area contributed by atoms with E-state index in [4.69, 9.17) is 9.72 Å². The first-order valence-corrected chi connectivity index (χ1v) is 7.37. The van der Waals surface area contributed by atoms with Gasteiger partial charge in [-0.3, -0.25) is 4.98 Å². The van der Waals surface area contributed by atoms with Crippen LogP contribution in [0.3, 0.4) is 0 Å². The zero-order valence-corrected chi connectivity index (χ0v) is 12.7. The Balaban J connectivity index is 2.07. The Morgan fingerprint density at radius 3 is 2.76 bits per heavy atom. The second-order valence-corrected chi connectivity index (χ2v) is 5.27. The molecular weight excluding hydrogens is 264 g/mol. The molecular formula is C16H20N4O. The highest BCUT2D eigenvalue weighted by molar-refractivity contribution is 5.68. The van der Waals surface area contributed by atoms with Crippen LogP contribution in [0.2, 0.25) is 0 Å². The van der Waals surface area contributed by atoms with E-state index in [1.54, 1.807) is 6.20 Å². The number of anilines is 1. The normalized spacial score (nSPS) is 14.0. The largest absolute Gasteiger partial charge is 0.492 e. The maximum Gasteiger partial charge on any atom is 0.138 e. The lowest BCUT2D eigenvalue weighted by Crippen LogP contribution is -2.05. The summed E-state index contributed by atoms with van der Waals surface area (Å²) in [5, 5.41) is 3.17. The van der Waals surface area contributed by atoms with E-state index in [2.05, 4.69) is 15.3 Å². The van der Waals surface area contributed by atoms with Gasteiger partial charge in [-0.05, 0) is 32.8 Å². The average Bonchev–Trinajstić information content (AvgIpc) is 3.33. The number of pyridine rings is 1. The average molecular weight is 284 g/mol. The van der Waals surface area contributed by atoms with E-state index < -0.39 is 0 Å². The monoisotopic (exact) mass is 284 g/mol. The third kappa shape index (κ3) is 2.82. The van der Waals surface area contributed by atoms with Gasteiger partial charge >= 0.3 is 0 Å². The van der Waals surface area contributed by atoms with Crippen molar-refractivity contribution in [2.24, 2.45) is 0 Å². The Labute approximate surface area is 124 Å². The highest BCUT2D eigenvalue weighted by Crippen LogP contribution is 2.40. The molecule has 3 rings (SSSR count). The lowest BCUT2D eigenvalue weighted by molar-refractivity contribution is 0.339. The van der Waals surface area contributed by atoms with Gasteiger partial charge in [-0.25, -0.2) is 9.97 Å². The van der Waals surface area contributed by atoms with Crippen molar-refractivity contribution in [2.75, 3.05) is 19.0 Å². The molecule has 0 atom stereocenters. The molecule has 2 aromatic rings. The van der Waals surface area contributed by atoms with Crippen LogP contribution in [0.15, 0.2) is 18.5 Å². The minimum Gasteiger partial charge on any atom is -0.492 e. The first kappa shape index (κ1) is 13.8. The summed E-state index contributed by atoms with van der Waals surface area (Å²) >= 11 is 0. The van der Waals surface area contributed by atoms with Gasteiger partial charge in [0.1, 0.15) is 17.4 Å². The molecule has 0 unspecified atom stereocenters. The summed E-state index contributed by atoms with van der Waals surface area (Å²) < 4.78 is 5.53. The summed E-state index contributed by atoms with van der Waals surface area (Å²) in [7, 11) is 1.89. The van der Waals surface area contributed by atoms with Crippen LogP contribution < -0.4 is 10.1 Å². The van der Waals surface area contributed by atoms with Crippen molar-refractivity contribution in [3.8, 4) is 17.0 Å². The second kappa shape index (κ2) is 5.68. The van der Waals surface area contributed by atoms with E-state index >= 15 is 0 Å². The molecule has 0 spiro atoms. The molecule has 0 saturated heterocycles. The molecule has 0 aromatic carbocycles. The van der Waals surface area contributed by atoms with E-state index in [1.165, 1.54) is 12.8 Å². The molecule has 0 radical (unpaired) electrons. The van der Waals surface area contributed by atoms with Crippen molar-refractivity contribution in [1.29, 1.82) is 0 Å². The van der Waals surface area contributed by atoms with Gasteiger partial charge in [0, 0.05) is 30.3 Å². The Bertz CT molecular complexity index is 653. The number of hydrogen-bond acceptors (Lipinski definition) is 5. The van der Waals surface area contributed by atoms with Crippen molar-refractivity contribution in [3.63, 3.8) is 0 Å². The molecule has 1 saturated carbocycles. The van der Waals surface area contributed by atoms with Crippen LogP contribution in [-0.2, 0) is 0 Å². The van der Waals surface area contributed by atoms with E-state index in [-0.39, 0.29) is 0 Å².